The Morgan fingerprint density at radius 1 is 1.22 bits per heavy atom. The van der Waals surface area contributed by atoms with Crippen molar-refractivity contribution in [2.75, 3.05) is 24.3 Å². The molecule has 2 unspecified atom stereocenters. The minimum Gasteiger partial charge on any atom is -0.497 e. The molecule has 1 heterocycles. The van der Waals surface area contributed by atoms with E-state index in [2.05, 4.69) is 11.0 Å². The first-order valence-electron chi connectivity index (χ1n) is 7.00. The molecule has 1 aliphatic heterocycles. The molecule has 0 radical (unpaired) electrons. The number of nitrogens with zero attached hydrogens (tertiary/aromatic N) is 1. The van der Waals surface area contributed by atoms with Gasteiger partial charge in [-0.25, -0.2) is 0 Å². The van der Waals surface area contributed by atoms with Gasteiger partial charge < -0.3 is 15.4 Å². The summed E-state index contributed by atoms with van der Waals surface area (Å²) in [4.78, 5) is 2.52. The number of hydrogen-bond donors (Lipinski definition) is 1. The molecule has 3 rings (SSSR count). The van der Waals surface area contributed by atoms with Gasteiger partial charge >= 0.3 is 0 Å². The molecule has 2 fully saturated rings. The summed E-state index contributed by atoms with van der Waals surface area (Å²) in [6, 6.07) is 6.69. The number of nitrogens with two attached hydrogens (primary N) is 1. The summed E-state index contributed by atoms with van der Waals surface area (Å²) >= 11 is 0. The van der Waals surface area contributed by atoms with Crippen LogP contribution in [0.5, 0.6) is 5.75 Å². The van der Waals surface area contributed by atoms with Crippen LogP contribution in [0.2, 0.25) is 0 Å². The van der Waals surface area contributed by atoms with Crippen LogP contribution in [-0.4, -0.2) is 19.7 Å². The second-order valence-electron chi connectivity index (χ2n) is 5.52. The molecule has 0 bridgehead atoms. The Morgan fingerprint density at radius 3 is 2.89 bits per heavy atom. The molecule has 1 saturated heterocycles. The minimum absolute atomic E-state index is 0.702. The van der Waals surface area contributed by atoms with Gasteiger partial charge in [-0.2, -0.15) is 0 Å². The Balaban J connectivity index is 1.90. The quantitative estimate of drug-likeness (QED) is 0.815. The van der Waals surface area contributed by atoms with Crippen molar-refractivity contribution in [2.45, 2.75) is 38.1 Å². The van der Waals surface area contributed by atoms with Crippen LogP contribution in [0.3, 0.4) is 0 Å². The summed E-state index contributed by atoms with van der Waals surface area (Å²) in [5.41, 5.74) is 8.20. The maximum Gasteiger partial charge on any atom is 0.121 e. The van der Waals surface area contributed by atoms with Gasteiger partial charge in [-0.1, -0.05) is 12.8 Å². The zero-order valence-electron chi connectivity index (χ0n) is 11.1. The van der Waals surface area contributed by atoms with E-state index in [-0.39, 0.29) is 0 Å². The van der Waals surface area contributed by atoms with E-state index in [1.54, 1.807) is 7.11 Å². The lowest BCUT2D eigenvalue weighted by Crippen LogP contribution is -2.35. The van der Waals surface area contributed by atoms with Crippen LogP contribution in [0.15, 0.2) is 18.2 Å². The number of methoxy groups -OCH3 is 1. The third-order valence-corrected chi connectivity index (χ3v) is 4.56. The fourth-order valence-corrected chi connectivity index (χ4v) is 3.60. The van der Waals surface area contributed by atoms with E-state index >= 15 is 0 Å². The van der Waals surface area contributed by atoms with E-state index in [9.17, 15) is 0 Å². The highest BCUT2D eigenvalue weighted by atomic mass is 16.5. The van der Waals surface area contributed by atoms with Crippen molar-refractivity contribution in [3.8, 4) is 5.75 Å². The minimum atomic E-state index is 0.702. The predicted molar refractivity (Wildman–Crippen MR) is 75.1 cm³/mol. The Kier molecular flexibility index (Phi) is 3.06. The molecule has 18 heavy (non-hydrogen) atoms. The molecule has 2 atom stereocenters. The van der Waals surface area contributed by atoms with Crippen molar-refractivity contribution in [1.82, 2.24) is 0 Å². The Morgan fingerprint density at radius 2 is 2.06 bits per heavy atom. The Bertz CT molecular complexity index is 433. The number of benzene rings is 1. The van der Waals surface area contributed by atoms with Crippen LogP contribution in [-0.2, 0) is 0 Å². The van der Waals surface area contributed by atoms with Gasteiger partial charge in [-0.05, 0) is 37.3 Å². The molecule has 1 aromatic rings. The molecule has 1 aliphatic carbocycles. The summed E-state index contributed by atoms with van der Waals surface area (Å²) in [5, 5.41) is 0. The molecule has 0 aromatic heterocycles. The van der Waals surface area contributed by atoms with Crippen molar-refractivity contribution in [3.63, 3.8) is 0 Å². The van der Waals surface area contributed by atoms with Crippen molar-refractivity contribution in [1.29, 1.82) is 0 Å². The molecule has 1 aromatic carbocycles. The first kappa shape index (κ1) is 11.7. The van der Waals surface area contributed by atoms with Gasteiger partial charge in [-0.3, -0.25) is 0 Å². The highest BCUT2D eigenvalue weighted by molar-refractivity contribution is 5.70. The summed E-state index contributed by atoms with van der Waals surface area (Å²) in [5.74, 6) is 1.78. The van der Waals surface area contributed by atoms with Gasteiger partial charge in [0.15, 0.2) is 0 Å². The smallest absolute Gasteiger partial charge is 0.121 e. The number of hydrogen-bond acceptors (Lipinski definition) is 3. The second-order valence-corrected chi connectivity index (χ2v) is 5.52. The molecule has 3 nitrogen and oxygen atoms in total. The maximum absolute atomic E-state index is 6.15. The standard InChI is InChI=1S/C15H22N2O/c1-18-12-6-7-13(16)15(10-12)17-9-8-11-4-2-3-5-14(11)17/h6-7,10-11,14H,2-5,8-9,16H2,1H3. The van der Waals surface area contributed by atoms with E-state index in [1.165, 1.54) is 37.8 Å². The average molecular weight is 246 g/mol. The van der Waals surface area contributed by atoms with Crippen LogP contribution in [0.25, 0.3) is 0 Å². The molecular weight excluding hydrogens is 224 g/mol. The van der Waals surface area contributed by atoms with Crippen LogP contribution >= 0.6 is 0 Å². The van der Waals surface area contributed by atoms with Crippen molar-refractivity contribution < 1.29 is 4.74 Å². The van der Waals surface area contributed by atoms with Crippen molar-refractivity contribution in [2.24, 2.45) is 5.92 Å². The topological polar surface area (TPSA) is 38.5 Å². The number of fused-ring (bicyclic) bond motifs is 1. The number of anilines is 2. The highest BCUT2D eigenvalue weighted by Crippen LogP contribution is 2.41. The van der Waals surface area contributed by atoms with Gasteiger partial charge in [0.2, 0.25) is 0 Å². The largest absolute Gasteiger partial charge is 0.497 e. The van der Waals surface area contributed by atoms with Gasteiger partial charge in [-0.15, -0.1) is 0 Å². The molecule has 2 aliphatic rings. The van der Waals surface area contributed by atoms with Crippen LogP contribution in [0, 0.1) is 5.92 Å². The molecule has 0 spiro atoms. The summed E-state index contributed by atoms with van der Waals surface area (Å²) in [7, 11) is 1.71. The monoisotopic (exact) mass is 246 g/mol. The maximum atomic E-state index is 6.15. The number of rotatable bonds is 2. The van der Waals surface area contributed by atoms with E-state index in [0.717, 1.165) is 23.9 Å². The van der Waals surface area contributed by atoms with Crippen LogP contribution in [0.4, 0.5) is 11.4 Å². The number of nitrogen functional groups attached to an aromatic ring is 1. The molecule has 3 heteroatoms. The number of ether oxygens (including phenoxy) is 1. The molecule has 1 saturated carbocycles. The summed E-state index contributed by atoms with van der Waals surface area (Å²) in [6.07, 6.45) is 6.80. The van der Waals surface area contributed by atoms with Crippen molar-refractivity contribution in [3.05, 3.63) is 18.2 Å². The van der Waals surface area contributed by atoms with Gasteiger partial charge in [0, 0.05) is 18.7 Å². The zero-order chi connectivity index (χ0) is 12.5. The molecule has 0 amide bonds. The van der Waals surface area contributed by atoms with Crippen LogP contribution in [0.1, 0.15) is 32.1 Å². The first-order valence-corrected chi connectivity index (χ1v) is 7.00. The normalized spacial score (nSPS) is 27.1. The highest BCUT2D eigenvalue weighted by Gasteiger charge is 2.36. The second kappa shape index (κ2) is 4.71. The van der Waals surface area contributed by atoms with E-state index in [0.29, 0.717) is 6.04 Å². The Hall–Kier alpha value is -1.38. The zero-order valence-corrected chi connectivity index (χ0v) is 11.1. The SMILES string of the molecule is COc1ccc(N)c(N2CCC3CCCCC32)c1. The average Bonchev–Trinajstić information content (AvgIpc) is 2.83. The lowest BCUT2D eigenvalue weighted by Gasteiger charge is -2.33. The van der Waals surface area contributed by atoms with Gasteiger partial charge in [0.25, 0.3) is 0 Å². The molecular formula is C15H22N2O. The van der Waals surface area contributed by atoms with E-state index in [4.69, 9.17) is 10.5 Å². The first-order chi connectivity index (χ1) is 8.79. The summed E-state index contributed by atoms with van der Waals surface area (Å²) < 4.78 is 5.32. The fourth-order valence-electron chi connectivity index (χ4n) is 3.60. The molecule has 2 N–H and O–H groups in total. The lowest BCUT2D eigenvalue weighted by molar-refractivity contribution is 0.342. The summed E-state index contributed by atoms with van der Waals surface area (Å²) in [6.45, 7) is 1.15. The van der Waals surface area contributed by atoms with Crippen LogP contribution < -0.4 is 15.4 Å². The molecule has 98 valence electrons. The van der Waals surface area contributed by atoms with Crippen molar-refractivity contribution >= 4 is 11.4 Å². The third-order valence-electron chi connectivity index (χ3n) is 4.56. The predicted octanol–water partition coefficient (Wildman–Crippen LogP) is 3.05. The van der Waals surface area contributed by atoms with Gasteiger partial charge in [0.05, 0.1) is 18.5 Å². The van der Waals surface area contributed by atoms with E-state index in [1.807, 2.05) is 12.1 Å². The Labute approximate surface area is 109 Å². The third kappa shape index (κ3) is 1.92. The van der Waals surface area contributed by atoms with Gasteiger partial charge in [0.1, 0.15) is 5.75 Å². The lowest BCUT2D eigenvalue weighted by atomic mass is 9.85. The fraction of sp³-hybridized carbons (Fsp3) is 0.600. The van der Waals surface area contributed by atoms with E-state index < -0.39 is 0 Å².